The van der Waals surface area contributed by atoms with Crippen LogP contribution in [0, 0.1) is 0 Å². The Balaban J connectivity index is 1.37. The Morgan fingerprint density at radius 2 is 1.64 bits per heavy atom. The summed E-state index contributed by atoms with van der Waals surface area (Å²) in [5.74, 6) is 0.713. The number of allylic oxidation sites excluding steroid dienone is 1. The summed E-state index contributed by atoms with van der Waals surface area (Å²) in [5.41, 5.74) is 3.99. The lowest BCUT2D eigenvalue weighted by Gasteiger charge is -2.06. The highest BCUT2D eigenvalue weighted by molar-refractivity contribution is 6.01. The molecule has 3 aromatic carbocycles. The summed E-state index contributed by atoms with van der Waals surface area (Å²) < 4.78 is 0. The van der Waals surface area contributed by atoms with Gasteiger partial charge in [0.15, 0.2) is 0 Å². The first kappa shape index (κ1) is 16.6. The van der Waals surface area contributed by atoms with Gasteiger partial charge >= 0.3 is 0 Å². The number of nitrogens with one attached hydrogen (secondary N) is 1. The van der Waals surface area contributed by atoms with E-state index in [2.05, 4.69) is 58.5 Å². The summed E-state index contributed by atoms with van der Waals surface area (Å²) >= 11 is 0. The molecule has 0 bridgehead atoms. The van der Waals surface area contributed by atoms with Gasteiger partial charge < -0.3 is 4.98 Å². The van der Waals surface area contributed by atoms with E-state index in [1.54, 1.807) is 6.07 Å². The summed E-state index contributed by atoms with van der Waals surface area (Å²) in [6.45, 7) is 0. The number of rotatable bonds is 4. The fourth-order valence-corrected chi connectivity index (χ4v) is 3.77. The van der Waals surface area contributed by atoms with Crippen molar-refractivity contribution in [1.82, 2.24) is 9.97 Å². The lowest BCUT2D eigenvalue weighted by atomic mass is 10.0. The molecule has 28 heavy (non-hydrogen) atoms. The smallest absolute Gasteiger partial charge is 0.258 e. The number of aliphatic imine (C=N–C) groups is 1. The van der Waals surface area contributed by atoms with Gasteiger partial charge in [-0.3, -0.25) is 9.79 Å². The number of aromatic amines is 1. The van der Waals surface area contributed by atoms with Crippen molar-refractivity contribution >= 4 is 33.1 Å². The van der Waals surface area contributed by atoms with Gasteiger partial charge in [-0.05, 0) is 29.3 Å². The molecule has 0 radical (unpaired) electrons. The molecule has 4 heteroatoms. The first-order valence-electron chi connectivity index (χ1n) is 9.50. The van der Waals surface area contributed by atoms with Crippen LogP contribution in [0.3, 0.4) is 0 Å². The maximum absolute atomic E-state index is 12.2. The average molecular weight is 365 g/mol. The van der Waals surface area contributed by atoms with E-state index in [1.807, 2.05) is 18.2 Å². The van der Waals surface area contributed by atoms with Crippen molar-refractivity contribution in [1.29, 1.82) is 0 Å². The van der Waals surface area contributed by atoms with E-state index in [0.717, 1.165) is 29.8 Å². The second-order valence-electron chi connectivity index (χ2n) is 7.03. The van der Waals surface area contributed by atoms with Gasteiger partial charge in [0, 0.05) is 24.1 Å². The third kappa shape index (κ3) is 3.03. The average Bonchev–Trinajstić information content (AvgIpc) is 3.21. The van der Waals surface area contributed by atoms with E-state index >= 15 is 0 Å². The first-order valence-corrected chi connectivity index (χ1v) is 9.50. The highest BCUT2D eigenvalue weighted by Gasteiger charge is 2.13. The van der Waals surface area contributed by atoms with Gasteiger partial charge in [-0.15, -0.1) is 0 Å². The van der Waals surface area contributed by atoms with Crippen LogP contribution in [0.5, 0.6) is 0 Å². The van der Waals surface area contributed by atoms with Crippen LogP contribution in [0.4, 0.5) is 0 Å². The Bertz CT molecular complexity index is 1310. The van der Waals surface area contributed by atoms with Crippen LogP contribution in [-0.4, -0.2) is 15.7 Å². The van der Waals surface area contributed by atoms with Gasteiger partial charge in [0.05, 0.1) is 16.6 Å². The van der Waals surface area contributed by atoms with E-state index in [4.69, 9.17) is 4.99 Å². The molecule has 1 aliphatic rings. The molecule has 0 unspecified atom stereocenters. The molecular formula is C24H19N3O. The molecule has 2 heterocycles. The standard InChI is InChI=1S/C24H19N3O/c28-24-20-9-3-4-11-21(20)26-23(27-24)15-13-17-12-14-22(25-17)19-10-5-7-16-6-1-2-8-18(16)19/h1-11,14H,12-13,15H2,(H,26,27,28). The maximum Gasteiger partial charge on any atom is 0.258 e. The largest absolute Gasteiger partial charge is 0.310 e. The number of nitrogens with zero attached hydrogens (tertiary/aromatic N) is 2. The topological polar surface area (TPSA) is 58.1 Å². The van der Waals surface area contributed by atoms with E-state index < -0.39 is 0 Å². The number of para-hydroxylation sites is 1. The first-order chi connectivity index (χ1) is 13.8. The Morgan fingerprint density at radius 1 is 0.857 bits per heavy atom. The van der Waals surface area contributed by atoms with Gasteiger partial charge in [0.1, 0.15) is 5.82 Å². The number of fused-ring (bicyclic) bond motifs is 2. The molecule has 0 saturated heterocycles. The predicted molar refractivity (Wildman–Crippen MR) is 115 cm³/mol. The van der Waals surface area contributed by atoms with Crippen LogP contribution >= 0.6 is 0 Å². The van der Waals surface area contributed by atoms with Crippen LogP contribution in [0.2, 0.25) is 0 Å². The SMILES string of the molecule is O=c1[nH]c(CCC2=NC(c3cccc4ccccc34)=CC2)nc2ccccc12. The predicted octanol–water partition coefficient (Wildman–Crippen LogP) is 4.89. The Morgan fingerprint density at radius 3 is 2.57 bits per heavy atom. The molecule has 5 rings (SSSR count). The van der Waals surface area contributed by atoms with Crippen molar-refractivity contribution in [3.05, 3.63) is 94.5 Å². The fraction of sp³-hybridized carbons (Fsp3) is 0.125. The maximum atomic E-state index is 12.2. The zero-order valence-corrected chi connectivity index (χ0v) is 15.4. The molecule has 0 spiro atoms. The second kappa shape index (κ2) is 6.89. The number of benzene rings is 3. The molecular weight excluding hydrogens is 346 g/mol. The van der Waals surface area contributed by atoms with E-state index in [9.17, 15) is 4.79 Å². The quantitative estimate of drug-likeness (QED) is 0.559. The van der Waals surface area contributed by atoms with Gasteiger partial charge in [-0.2, -0.15) is 0 Å². The minimum Gasteiger partial charge on any atom is -0.310 e. The van der Waals surface area contributed by atoms with Crippen LogP contribution in [0.1, 0.15) is 24.2 Å². The zero-order chi connectivity index (χ0) is 18.9. The number of aryl methyl sites for hydroxylation is 1. The Hall–Kier alpha value is -3.53. The molecule has 4 aromatic rings. The molecule has 0 atom stereocenters. The highest BCUT2D eigenvalue weighted by atomic mass is 16.1. The molecule has 0 aliphatic carbocycles. The monoisotopic (exact) mass is 365 g/mol. The zero-order valence-electron chi connectivity index (χ0n) is 15.4. The Labute approximate surface area is 162 Å². The summed E-state index contributed by atoms with van der Waals surface area (Å²) in [4.78, 5) is 24.6. The van der Waals surface area contributed by atoms with Gasteiger partial charge in [0.25, 0.3) is 5.56 Å². The van der Waals surface area contributed by atoms with Crippen LogP contribution in [-0.2, 0) is 6.42 Å². The second-order valence-corrected chi connectivity index (χ2v) is 7.03. The minimum absolute atomic E-state index is 0.0801. The van der Waals surface area contributed by atoms with Crippen molar-refractivity contribution in [2.24, 2.45) is 4.99 Å². The summed E-state index contributed by atoms with van der Waals surface area (Å²) in [6.07, 6.45) is 4.49. The highest BCUT2D eigenvalue weighted by Crippen LogP contribution is 2.29. The normalized spacial score (nSPS) is 13.7. The Kier molecular flexibility index (Phi) is 4.09. The van der Waals surface area contributed by atoms with Crippen molar-refractivity contribution in [2.45, 2.75) is 19.3 Å². The van der Waals surface area contributed by atoms with Gasteiger partial charge in [-0.1, -0.05) is 60.7 Å². The number of aromatic nitrogens is 2. The minimum atomic E-state index is -0.0801. The molecule has 0 amide bonds. The van der Waals surface area contributed by atoms with E-state index in [-0.39, 0.29) is 5.56 Å². The van der Waals surface area contributed by atoms with Crippen molar-refractivity contribution in [3.63, 3.8) is 0 Å². The summed E-state index contributed by atoms with van der Waals surface area (Å²) in [7, 11) is 0. The van der Waals surface area contributed by atoms with E-state index in [1.165, 1.54) is 16.3 Å². The lowest BCUT2D eigenvalue weighted by molar-refractivity contribution is 0.896. The van der Waals surface area contributed by atoms with Crippen molar-refractivity contribution in [3.8, 4) is 0 Å². The van der Waals surface area contributed by atoms with Crippen LogP contribution in [0.25, 0.3) is 27.4 Å². The summed E-state index contributed by atoms with van der Waals surface area (Å²) in [6, 6.07) is 22.2. The number of H-pyrrole nitrogens is 1. The molecule has 1 aliphatic heterocycles. The molecule has 1 N–H and O–H groups in total. The van der Waals surface area contributed by atoms with Gasteiger partial charge in [0.2, 0.25) is 0 Å². The lowest BCUT2D eigenvalue weighted by Crippen LogP contribution is -2.12. The van der Waals surface area contributed by atoms with E-state index in [0.29, 0.717) is 17.6 Å². The molecule has 4 nitrogen and oxygen atoms in total. The van der Waals surface area contributed by atoms with Crippen LogP contribution in [0.15, 0.2) is 82.6 Å². The van der Waals surface area contributed by atoms with Gasteiger partial charge in [-0.25, -0.2) is 4.98 Å². The van der Waals surface area contributed by atoms with Crippen molar-refractivity contribution < 1.29 is 0 Å². The molecule has 0 saturated carbocycles. The third-order valence-corrected chi connectivity index (χ3v) is 5.19. The van der Waals surface area contributed by atoms with Crippen LogP contribution < -0.4 is 5.56 Å². The summed E-state index contributed by atoms with van der Waals surface area (Å²) in [5, 5.41) is 3.08. The molecule has 1 aromatic heterocycles. The fourth-order valence-electron chi connectivity index (χ4n) is 3.77. The van der Waals surface area contributed by atoms with Crippen molar-refractivity contribution in [2.75, 3.05) is 0 Å². The number of hydrogen-bond acceptors (Lipinski definition) is 3. The molecule has 0 fully saturated rings. The third-order valence-electron chi connectivity index (χ3n) is 5.19. The molecule has 136 valence electrons. The number of hydrogen-bond donors (Lipinski definition) is 1.